The van der Waals surface area contributed by atoms with E-state index in [0.717, 1.165) is 0 Å². The van der Waals surface area contributed by atoms with Crippen LogP contribution in [0, 0.1) is 0 Å². The molecule has 0 aliphatic heterocycles. The molecular formula is C18H17Cl2NO4. The van der Waals surface area contributed by atoms with E-state index in [1.807, 2.05) is 0 Å². The van der Waals surface area contributed by atoms with E-state index < -0.39 is 12.1 Å². The lowest BCUT2D eigenvalue weighted by molar-refractivity contribution is -0.150. The summed E-state index contributed by atoms with van der Waals surface area (Å²) >= 11 is 11.9. The minimum absolute atomic E-state index is 0.289. The Balaban J connectivity index is 2.02. The number of esters is 1. The molecule has 0 aliphatic carbocycles. The zero-order valence-corrected chi connectivity index (χ0v) is 15.2. The molecule has 0 radical (unpaired) electrons. The van der Waals surface area contributed by atoms with E-state index in [4.69, 9.17) is 32.7 Å². The number of carbonyl (C=O) groups excluding carboxylic acids is 2. The van der Waals surface area contributed by atoms with Crippen LogP contribution < -0.4 is 10.1 Å². The summed E-state index contributed by atoms with van der Waals surface area (Å²) in [6, 6.07) is 11.2. The van der Waals surface area contributed by atoms with Crippen LogP contribution in [0.1, 0.15) is 24.2 Å². The van der Waals surface area contributed by atoms with E-state index in [-0.39, 0.29) is 12.5 Å². The van der Waals surface area contributed by atoms with Gasteiger partial charge in [-0.1, -0.05) is 23.2 Å². The summed E-state index contributed by atoms with van der Waals surface area (Å²) in [5.41, 5.74) is 0.836. The Labute approximate surface area is 155 Å². The molecule has 7 heteroatoms. The number of hydrogen-bond acceptors (Lipinski definition) is 4. The molecule has 0 spiro atoms. The number of rotatable bonds is 6. The molecule has 5 nitrogen and oxygen atoms in total. The quantitative estimate of drug-likeness (QED) is 0.743. The first kappa shape index (κ1) is 19.1. The Morgan fingerprint density at radius 1 is 1.12 bits per heavy atom. The van der Waals surface area contributed by atoms with E-state index in [0.29, 0.717) is 27.0 Å². The number of anilines is 1. The fourth-order valence-corrected chi connectivity index (χ4v) is 2.32. The molecule has 2 rings (SSSR count). The van der Waals surface area contributed by atoms with Gasteiger partial charge in [0.1, 0.15) is 5.75 Å². The third-order valence-corrected chi connectivity index (χ3v) is 3.79. The van der Waals surface area contributed by atoms with Crippen LogP contribution >= 0.6 is 23.2 Å². The van der Waals surface area contributed by atoms with Crippen LogP contribution in [0.5, 0.6) is 5.75 Å². The average Bonchev–Trinajstić information content (AvgIpc) is 2.59. The van der Waals surface area contributed by atoms with Gasteiger partial charge in [0.05, 0.1) is 17.3 Å². The molecule has 132 valence electrons. The minimum atomic E-state index is -0.732. The van der Waals surface area contributed by atoms with Crippen molar-refractivity contribution in [3.63, 3.8) is 0 Å². The summed E-state index contributed by atoms with van der Waals surface area (Å²) < 4.78 is 10.3. The first-order valence-electron chi connectivity index (χ1n) is 7.60. The van der Waals surface area contributed by atoms with Gasteiger partial charge in [0.2, 0.25) is 0 Å². The molecule has 0 aromatic heterocycles. The van der Waals surface area contributed by atoms with E-state index in [1.165, 1.54) is 0 Å². The molecule has 0 unspecified atom stereocenters. The molecule has 0 fully saturated rings. The van der Waals surface area contributed by atoms with Gasteiger partial charge in [-0.2, -0.15) is 0 Å². The summed E-state index contributed by atoms with van der Waals surface area (Å²) in [5.74, 6) is -0.327. The van der Waals surface area contributed by atoms with Crippen molar-refractivity contribution in [2.24, 2.45) is 0 Å². The van der Waals surface area contributed by atoms with Crippen LogP contribution in [-0.4, -0.2) is 24.6 Å². The first-order valence-corrected chi connectivity index (χ1v) is 8.36. The van der Waals surface area contributed by atoms with Crippen molar-refractivity contribution in [3.8, 4) is 5.75 Å². The van der Waals surface area contributed by atoms with Crippen molar-refractivity contribution < 1.29 is 19.1 Å². The van der Waals surface area contributed by atoms with Crippen molar-refractivity contribution in [2.75, 3.05) is 11.9 Å². The number of ether oxygens (including phenoxy) is 2. The smallest absolute Gasteiger partial charge is 0.347 e. The second kappa shape index (κ2) is 8.74. The fourth-order valence-electron chi connectivity index (χ4n) is 1.98. The predicted molar refractivity (Wildman–Crippen MR) is 97.6 cm³/mol. The summed E-state index contributed by atoms with van der Waals surface area (Å²) in [6.45, 7) is 3.61. The van der Waals surface area contributed by atoms with Crippen LogP contribution in [-0.2, 0) is 9.53 Å². The Morgan fingerprint density at radius 3 is 2.44 bits per heavy atom. The van der Waals surface area contributed by atoms with Gasteiger partial charge in [-0.15, -0.1) is 0 Å². The highest BCUT2D eigenvalue weighted by molar-refractivity contribution is 6.35. The maximum atomic E-state index is 12.3. The molecular weight excluding hydrogens is 365 g/mol. The number of amides is 1. The summed E-state index contributed by atoms with van der Waals surface area (Å²) in [4.78, 5) is 23.8. The topological polar surface area (TPSA) is 64.6 Å². The third-order valence-electron chi connectivity index (χ3n) is 3.22. The predicted octanol–water partition coefficient (Wildman–Crippen LogP) is 4.58. The van der Waals surface area contributed by atoms with E-state index in [1.54, 1.807) is 56.3 Å². The van der Waals surface area contributed by atoms with Gasteiger partial charge in [-0.25, -0.2) is 4.79 Å². The van der Waals surface area contributed by atoms with Crippen LogP contribution in [0.2, 0.25) is 10.0 Å². The van der Waals surface area contributed by atoms with Crippen molar-refractivity contribution >= 4 is 40.8 Å². The zero-order valence-electron chi connectivity index (χ0n) is 13.7. The lowest BCUT2D eigenvalue weighted by Gasteiger charge is -2.13. The highest BCUT2D eigenvalue weighted by atomic mass is 35.5. The number of carbonyl (C=O) groups is 2. The Bertz CT molecular complexity index is 762. The number of halogens is 2. The highest BCUT2D eigenvalue weighted by Gasteiger charge is 2.16. The highest BCUT2D eigenvalue weighted by Crippen LogP contribution is 2.26. The van der Waals surface area contributed by atoms with Gasteiger partial charge in [-0.05, 0) is 56.3 Å². The maximum Gasteiger partial charge on any atom is 0.347 e. The normalized spacial score (nSPS) is 11.5. The van der Waals surface area contributed by atoms with Crippen molar-refractivity contribution in [1.82, 2.24) is 0 Å². The van der Waals surface area contributed by atoms with E-state index in [2.05, 4.69) is 5.32 Å². The number of hydrogen-bond donors (Lipinski definition) is 1. The molecule has 1 N–H and O–H groups in total. The standard InChI is InChI=1S/C18H17Cl2NO4/c1-3-24-18(23)11(2)25-14-7-4-12(5-8-14)17(22)21-16-10-13(19)6-9-15(16)20/h4-11H,3H2,1-2H3,(H,21,22)/t11-/m0/s1. The van der Waals surface area contributed by atoms with Gasteiger partial charge in [-0.3, -0.25) is 4.79 Å². The monoisotopic (exact) mass is 381 g/mol. The summed E-state index contributed by atoms with van der Waals surface area (Å²) in [7, 11) is 0. The average molecular weight is 382 g/mol. The Hall–Kier alpha value is -2.24. The molecule has 1 amide bonds. The van der Waals surface area contributed by atoms with Crippen molar-refractivity contribution in [3.05, 3.63) is 58.1 Å². The number of nitrogens with one attached hydrogen (secondary N) is 1. The molecule has 2 aromatic carbocycles. The van der Waals surface area contributed by atoms with Gasteiger partial charge >= 0.3 is 5.97 Å². The minimum Gasteiger partial charge on any atom is -0.479 e. The second-order valence-corrected chi connectivity index (χ2v) is 5.96. The van der Waals surface area contributed by atoms with Gasteiger partial charge in [0, 0.05) is 10.6 Å². The molecule has 0 saturated heterocycles. The van der Waals surface area contributed by atoms with E-state index in [9.17, 15) is 9.59 Å². The zero-order chi connectivity index (χ0) is 18.4. The maximum absolute atomic E-state index is 12.3. The largest absolute Gasteiger partial charge is 0.479 e. The second-order valence-electron chi connectivity index (χ2n) is 5.11. The molecule has 0 bridgehead atoms. The summed E-state index contributed by atoms with van der Waals surface area (Å²) in [6.07, 6.45) is -0.732. The molecule has 0 saturated carbocycles. The van der Waals surface area contributed by atoms with E-state index >= 15 is 0 Å². The molecule has 0 heterocycles. The van der Waals surface area contributed by atoms with Gasteiger partial charge < -0.3 is 14.8 Å². The Kier molecular flexibility index (Phi) is 6.67. The fraction of sp³-hybridized carbons (Fsp3) is 0.222. The molecule has 0 aliphatic rings. The van der Waals surface area contributed by atoms with Gasteiger partial charge in [0.15, 0.2) is 6.10 Å². The summed E-state index contributed by atoms with van der Waals surface area (Å²) in [5, 5.41) is 3.55. The van der Waals surface area contributed by atoms with Crippen LogP contribution in [0.3, 0.4) is 0 Å². The Morgan fingerprint density at radius 2 is 1.80 bits per heavy atom. The molecule has 1 atom stereocenters. The third kappa shape index (κ3) is 5.37. The van der Waals surface area contributed by atoms with Crippen LogP contribution in [0.4, 0.5) is 5.69 Å². The van der Waals surface area contributed by atoms with Gasteiger partial charge in [0.25, 0.3) is 5.91 Å². The van der Waals surface area contributed by atoms with Crippen molar-refractivity contribution in [1.29, 1.82) is 0 Å². The lowest BCUT2D eigenvalue weighted by atomic mass is 10.2. The molecule has 2 aromatic rings. The molecule has 25 heavy (non-hydrogen) atoms. The SMILES string of the molecule is CCOC(=O)[C@H](C)Oc1ccc(C(=O)Nc2cc(Cl)ccc2Cl)cc1. The number of benzene rings is 2. The van der Waals surface area contributed by atoms with Crippen LogP contribution in [0.25, 0.3) is 0 Å². The van der Waals surface area contributed by atoms with Crippen LogP contribution in [0.15, 0.2) is 42.5 Å². The van der Waals surface area contributed by atoms with Crippen molar-refractivity contribution in [2.45, 2.75) is 20.0 Å². The lowest BCUT2D eigenvalue weighted by Crippen LogP contribution is -2.26. The first-order chi connectivity index (χ1) is 11.9.